The third kappa shape index (κ3) is 3.10. The van der Waals surface area contributed by atoms with Crippen LogP contribution in [0.1, 0.15) is 10.4 Å². The molecule has 132 valence electrons. The fourth-order valence-electron chi connectivity index (χ4n) is 3.04. The zero-order valence-corrected chi connectivity index (χ0v) is 16.3. The number of fused-ring (bicyclic) bond motifs is 4. The van der Waals surface area contributed by atoms with Gasteiger partial charge in [-0.1, -0.05) is 35.5 Å². The molecule has 0 amide bonds. The Morgan fingerprint density at radius 1 is 1.15 bits per heavy atom. The van der Waals surface area contributed by atoms with Crippen LogP contribution >= 0.6 is 34.7 Å². The van der Waals surface area contributed by atoms with E-state index in [9.17, 15) is 4.79 Å². The SMILES string of the molecule is O=C(CSc1nc2ccccc2s1)c1ccc2[nH]c3ncc(Cl)cc3c2c1. The van der Waals surface area contributed by atoms with Crippen LogP contribution in [0.5, 0.6) is 0 Å². The van der Waals surface area contributed by atoms with E-state index in [-0.39, 0.29) is 5.78 Å². The molecule has 3 heterocycles. The van der Waals surface area contributed by atoms with Crippen molar-refractivity contribution in [2.45, 2.75) is 4.34 Å². The van der Waals surface area contributed by atoms with Crippen LogP contribution in [0.2, 0.25) is 5.02 Å². The first-order chi connectivity index (χ1) is 13.2. The van der Waals surface area contributed by atoms with Crippen molar-refractivity contribution in [2.75, 3.05) is 5.75 Å². The van der Waals surface area contributed by atoms with E-state index in [0.717, 1.165) is 36.5 Å². The Morgan fingerprint density at radius 2 is 2.04 bits per heavy atom. The summed E-state index contributed by atoms with van der Waals surface area (Å²) in [5.41, 5.74) is 3.36. The van der Waals surface area contributed by atoms with E-state index in [0.29, 0.717) is 16.3 Å². The number of carbonyl (C=O) groups is 1. The van der Waals surface area contributed by atoms with Gasteiger partial charge in [0, 0.05) is 28.0 Å². The summed E-state index contributed by atoms with van der Waals surface area (Å²) in [6.07, 6.45) is 1.61. The second kappa shape index (κ2) is 6.64. The highest BCUT2D eigenvalue weighted by atomic mass is 35.5. The van der Waals surface area contributed by atoms with Gasteiger partial charge in [0.2, 0.25) is 0 Å². The van der Waals surface area contributed by atoms with Crippen LogP contribution in [-0.2, 0) is 0 Å². The molecule has 0 atom stereocenters. The molecular formula is C20H12ClN3OS2. The number of ketones is 1. The van der Waals surface area contributed by atoms with Crippen LogP contribution in [0, 0.1) is 0 Å². The normalized spacial score (nSPS) is 11.6. The van der Waals surface area contributed by atoms with Gasteiger partial charge in [0.1, 0.15) is 5.65 Å². The lowest BCUT2D eigenvalue weighted by Gasteiger charge is -2.00. The molecule has 0 fully saturated rings. The molecule has 4 nitrogen and oxygen atoms in total. The zero-order valence-electron chi connectivity index (χ0n) is 13.9. The number of aromatic amines is 1. The molecule has 0 aliphatic carbocycles. The highest BCUT2D eigenvalue weighted by Gasteiger charge is 2.13. The van der Waals surface area contributed by atoms with Gasteiger partial charge < -0.3 is 4.98 Å². The van der Waals surface area contributed by atoms with Crippen molar-refractivity contribution in [3.8, 4) is 0 Å². The minimum absolute atomic E-state index is 0.0745. The number of hydrogen-bond donors (Lipinski definition) is 1. The molecule has 0 bridgehead atoms. The van der Waals surface area contributed by atoms with Gasteiger partial charge in [0.05, 0.1) is 21.0 Å². The Labute approximate surface area is 167 Å². The fraction of sp³-hybridized carbons (Fsp3) is 0.0500. The molecule has 0 radical (unpaired) electrons. The van der Waals surface area contributed by atoms with Crippen LogP contribution in [-0.4, -0.2) is 26.5 Å². The fourth-order valence-corrected chi connectivity index (χ4v) is 5.17. The number of pyridine rings is 1. The summed E-state index contributed by atoms with van der Waals surface area (Å²) in [6.45, 7) is 0. The molecule has 27 heavy (non-hydrogen) atoms. The van der Waals surface area contributed by atoms with Gasteiger partial charge in [-0.25, -0.2) is 9.97 Å². The quantitative estimate of drug-likeness (QED) is 0.294. The molecule has 5 aromatic rings. The first-order valence-electron chi connectivity index (χ1n) is 8.26. The number of aromatic nitrogens is 3. The predicted octanol–water partition coefficient (Wildman–Crippen LogP) is 5.95. The van der Waals surface area contributed by atoms with Crippen molar-refractivity contribution in [3.63, 3.8) is 0 Å². The Hall–Kier alpha value is -2.41. The summed E-state index contributed by atoms with van der Waals surface area (Å²) in [5, 5.41) is 2.45. The molecule has 0 saturated heterocycles. The zero-order chi connectivity index (χ0) is 18.4. The van der Waals surface area contributed by atoms with E-state index in [1.807, 2.05) is 48.5 Å². The molecule has 0 aliphatic heterocycles. The lowest BCUT2D eigenvalue weighted by molar-refractivity contribution is 0.102. The van der Waals surface area contributed by atoms with Crippen molar-refractivity contribution in [1.82, 2.24) is 15.0 Å². The Balaban J connectivity index is 1.42. The van der Waals surface area contributed by atoms with Crippen LogP contribution in [0.4, 0.5) is 0 Å². The van der Waals surface area contributed by atoms with E-state index in [1.54, 1.807) is 17.5 Å². The number of thioether (sulfide) groups is 1. The van der Waals surface area contributed by atoms with Gasteiger partial charge in [-0.05, 0) is 36.4 Å². The van der Waals surface area contributed by atoms with Gasteiger partial charge in [0.25, 0.3) is 0 Å². The monoisotopic (exact) mass is 409 g/mol. The number of thiazole rings is 1. The highest BCUT2D eigenvalue weighted by molar-refractivity contribution is 8.01. The molecule has 5 rings (SSSR count). The van der Waals surface area contributed by atoms with Crippen LogP contribution in [0.3, 0.4) is 0 Å². The molecule has 1 N–H and O–H groups in total. The summed E-state index contributed by atoms with van der Waals surface area (Å²) in [7, 11) is 0. The molecule has 7 heteroatoms. The summed E-state index contributed by atoms with van der Waals surface area (Å²) in [6, 6.07) is 15.5. The number of para-hydroxylation sites is 1. The number of hydrogen-bond acceptors (Lipinski definition) is 5. The third-order valence-corrected chi connectivity index (χ3v) is 6.73. The second-order valence-electron chi connectivity index (χ2n) is 6.09. The average molecular weight is 410 g/mol. The number of H-pyrrole nitrogens is 1. The topological polar surface area (TPSA) is 58.6 Å². The smallest absolute Gasteiger partial charge is 0.173 e. The maximum absolute atomic E-state index is 12.7. The number of nitrogens with zero attached hydrogens (tertiary/aromatic N) is 2. The van der Waals surface area contributed by atoms with E-state index < -0.39 is 0 Å². The Bertz CT molecular complexity index is 1290. The van der Waals surface area contributed by atoms with Crippen molar-refractivity contribution in [3.05, 3.63) is 65.3 Å². The second-order valence-corrected chi connectivity index (χ2v) is 8.78. The number of halogens is 1. The van der Waals surface area contributed by atoms with Crippen LogP contribution in [0.25, 0.3) is 32.2 Å². The third-order valence-electron chi connectivity index (χ3n) is 4.34. The van der Waals surface area contributed by atoms with Gasteiger partial charge in [0.15, 0.2) is 10.1 Å². The first-order valence-corrected chi connectivity index (χ1v) is 10.4. The molecular weight excluding hydrogens is 398 g/mol. The predicted molar refractivity (Wildman–Crippen MR) is 113 cm³/mol. The van der Waals surface area contributed by atoms with E-state index in [4.69, 9.17) is 11.6 Å². The van der Waals surface area contributed by atoms with Gasteiger partial charge >= 0.3 is 0 Å². The number of Topliss-reactive ketones (excluding diaryl/α,β-unsaturated/α-hetero) is 1. The summed E-state index contributed by atoms with van der Waals surface area (Å²) < 4.78 is 2.05. The molecule has 0 unspecified atom stereocenters. The lowest BCUT2D eigenvalue weighted by atomic mass is 10.1. The van der Waals surface area contributed by atoms with Crippen LogP contribution in [0.15, 0.2) is 59.1 Å². The summed E-state index contributed by atoms with van der Waals surface area (Å²) >= 11 is 9.17. The maximum atomic E-state index is 12.7. The van der Waals surface area contributed by atoms with Gasteiger partial charge in [-0.2, -0.15) is 0 Å². The van der Waals surface area contributed by atoms with Crippen LogP contribution < -0.4 is 0 Å². The minimum Gasteiger partial charge on any atom is -0.339 e. The largest absolute Gasteiger partial charge is 0.339 e. The van der Waals surface area contributed by atoms with Crippen molar-refractivity contribution in [1.29, 1.82) is 0 Å². The van der Waals surface area contributed by atoms with E-state index >= 15 is 0 Å². The van der Waals surface area contributed by atoms with Gasteiger partial charge in [-0.3, -0.25) is 4.79 Å². The van der Waals surface area contributed by atoms with E-state index in [2.05, 4.69) is 15.0 Å². The number of rotatable bonds is 4. The minimum atomic E-state index is 0.0745. The number of carbonyl (C=O) groups excluding carboxylic acids is 1. The molecule has 0 saturated carbocycles. The highest BCUT2D eigenvalue weighted by Crippen LogP contribution is 2.31. The number of nitrogens with one attached hydrogen (secondary N) is 1. The van der Waals surface area contributed by atoms with Crippen molar-refractivity contribution < 1.29 is 4.79 Å². The average Bonchev–Trinajstić information content (AvgIpc) is 3.26. The summed E-state index contributed by atoms with van der Waals surface area (Å²) in [5.74, 6) is 0.428. The Kier molecular flexibility index (Phi) is 4.11. The molecule has 3 aromatic heterocycles. The first kappa shape index (κ1) is 16.7. The summed E-state index contributed by atoms with van der Waals surface area (Å²) in [4.78, 5) is 24.8. The lowest BCUT2D eigenvalue weighted by Crippen LogP contribution is -2.01. The maximum Gasteiger partial charge on any atom is 0.173 e. The van der Waals surface area contributed by atoms with Gasteiger partial charge in [-0.15, -0.1) is 11.3 Å². The van der Waals surface area contributed by atoms with E-state index in [1.165, 1.54) is 11.8 Å². The molecule has 0 spiro atoms. The molecule has 0 aliphatic rings. The molecule has 2 aromatic carbocycles. The standard InChI is InChI=1S/C20H12ClN3OS2/c21-12-8-14-13-7-11(5-6-15(13)23-19(14)22-9-12)17(25)10-26-20-24-16-3-1-2-4-18(16)27-20/h1-9H,10H2,(H,22,23). The number of benzene rings is 2. The van der Waals surface area contributed by atoms with Crippen molar-refractivity contribution in [2.24, 2.45) is 0 Å². The Morgan fingerprint density at radius 3 is 2.93 bits per heavy atom. The van der Waals surface area contributed by atoms with Crippen molar-refractivity contribution >= 4 is 72.6 Å².